The molecule has 2 aliphatic rings. The van der Waals surface area contributed by atoms with Gasteiger partial charge in [0.2, 0.25) is 6.29 Å². The van der Waals surface area contributed by atoms with Crippen LogP contribution in [0.25, 0.3) is 20.9 Å². The van der Waals surface area contributed by atoms with Crippen molar-refractivity contribution < 1.29 is 54.4 Å². The molecular formula is C22H30N6O11. The number of carbonyl (C=O) groups is 1. The molecule has 0 aliphatic carbocycles. The Morgan fingerprint density at radius 3 is 2.38 bits per heavy atom. The summed E-state index contributed by atoms with van der Waals surface area (Å²) in [5, 5.41) is 68.8. The number of aliphatic hydroxyl groups excluding tert-OH is 5. The molecule has 3 unspecified atom stereocenters. The van der Waals surface area contributed by atoms with E-state index in [1.165, 1.54) is 6.92 Å². The maximum atomic E-state index is 12.3. The predicted molar refractivity (Wildman–Crippen MR) is 128 cm³/mol. The molecule has 2 aliphatic heterocycles. The minimum absolute atomic E-state index is 0.280. The van der Waals surface area contributed by atoms with Crippen LogP contribution in [0.5, 0.6) is 5.75 Å². The van der Waals surface area contributed by atoms with Crippen molar-refractivity contribution in [2.45, 2.75) is 87.2 Å². The Morgan fingerprint density at radius 2 is 1.82 bits per heavy atom. The molecule has 11 atom stereocenters. The van der Waals surface area contributed by atoms with E-state index in [1.54, 1.807) is 24.3 Å². The standard InChI is InChI=1S/C22H30N6O11/c1-9-3-5-11(6-4-9)37-20-18(33)17(32)16(31)13(38-20)8-36-22(21(34)35)7-12(30)15(26-28-24)19(39-22)14(10(2)29)25-27-23/h3-6,10,12-20,29-33H,7-8H2,1-2H3,(H,34,35)/t10-,12-,13?,14-,15-,16+,17+,18?,19?,20-,22-/m1/s1. The van der Waals surface area contributed by atoms with Crippen molar-refractivity contribution in [3.63, 3.8) is 0 Å². The van der Waals surface area contributed by atoms with Crippen LogP contribution in [-0.2, 0) is 19.0 Å². The molecule has 0 bridgehead atoms. The lowest BCUT2D eigenvalue weighted by atomic mass is 9.88. The zero-order valence-electron chi connectivity index (χ0n) is 20.9. The number of aliphatic carboxylic acids is 1. The van der Waals surface area contributed by atoms with Crippen molar-refractivity contribution >= 4 is 5.97 Å². The van der Waals surface area contributed by atoms with Gasteiger partial charge in [-0.25, -0.2) is 4.79 Å². The molecule has 2 fully saturated rings. The quantitative estimate of drug-likeness (QED) is 0.126. The fourth-order valence-corrected chi connectivity index (χ4v) is 4.33. The maximum Gasteiger partial charge on any atom is 0.364 e. The number of nitrogens with zero attached hydrogens (tertiary/aromatic N) is 6. The summed E-state index contributed by atoms with van der Waals surface area (Å²) >= 11 is 0. The van der Waals surface area contributed by atoms with Crippen molar-refractivity contribution in [2.24, 2.45) is 10.2 Å². The monoisotopic (exact) mass is 554 g/mol. The van der Waals surface area contributed by atoms with Gasteiger partial charge in [0.15, 0.2) is 0 Å². The Bertz CT molecular complexity index is 1080. The molecule has 2 heterocycles. The van der Waals surface area contributed by atoms with Crippen LogP contribution in [0.4, 0.5) is 0 Å². The van der Waals surface area contributed by atoms with E-state index < -0.39 is 85.9 Å². The van der Waals surface area contributed by atoms with Gasteiger partial charge in [0.25, 0.3) is 5.79 Å². The number of ether oxygens (including phenoxy) is 4. The third-order valence-corrected chi connectivity index (χ3v) is 6.48. The lowest BCUT2D eigenvalue weighted by Gasteiger charge is -2.46. The van der Waals surface area contributed by atoms with Crippen LogP contribution >= 0.6 is 0 Å². The number of carboxylic acid groups (broad SMARTS) is 1. The van der Waals surface area contributed by atoms with Crippen molar-refractivity contribution in [3.05, 3.63) is 50.7 Å². The molecule has 3 rings (SSSR count). The zero-order chi connectivity index (χ0) is 28.9. The molecule has 214 valence electrons. The fraction of sp³-hybridized carbons (Fsp3) is 0.682. The number of aryl methyl sites for hydroxylation is 1. The first-order chi connectivity index (χ1) is 18.4. The van der Waals surface area contributed by atoms with Crippen LogP contribution in [0.3, 0.4) is 0 Å². The summed E-state index contributed by atoms with van der Waals surface area (Å²) in [6.07, 6.45) is -13.7. The predicted octanol–water partition coefficient (Wildman–Crippen LogP) is -0.133. The van der Waals surface area contributed by atoms with Gasteiger partial charge in [-0.3, -0.25) is 0 Å². The van der Waals surface area contributed by atoms with Gasteiger partial charge >= 0.3 is 5.97 Å². The van der Waals surface area contributed by atoms with Gasteiger partial charge in [-0.2, -0.15) is 0 Å². The normalized spacial score (nSPS) is 36.1. The summed E-state index contributed by atoms with van der Waals surface area (Å²) in [6.45, 7) is 2.31. The third-order valence-electron chi connectivity index (χ3n) is 6.48. The molecule has 39 heavy (non-hydrogen) atoms. The average molecular weight is 555 g/mol. The number of aliphatic hydroxyl groups is 5. The Kier molecular flexibility index (Phi) is 9.93. The molecule has 2 saturated heterocycles. The van der Waals surface area contributed by atoms with Crippen molar-refractivity contribution in [1.29, 1.82) is 0 Å². The number of benzene rings is 1. The van der Waals surface area contributed by atoms with Crippen molar-refractivity contribution in [3.8, 4) is 5.75 Å². The van der Waals surface area contributed by atoms with Crippen LogP contribution in [-0.4, -0.2) is 110 Å². The van der Waals surface area contributed by atoms with E-state index in [2.05, 4.69) is 20.1 Å². The van der Waals surface area contributed by atoms with E-state index in [1.807, 2.05) is 6.92 Å². The van der Waals surface area contributed by atoms with E-state index in [9.17, 15) is 35.4 Å². The number of hydrogen-bond acceptors (Lipinski definition) is 12. The van der Waals surface area contributed by atoms with Crippen molar-refractivity contribution in [1.82, 2.24) is 0 Å². The Labute approximate surface area is 221 Å². The van der Waals surface area contributed by atoms with E-state index in [0.717, 1.165) is 5.56 Å². The van der Waals surface area contributed by atoms with Gasteiger partial charge < -0.3 is 49.6 Å². The highest BCUT2D eigenvalue weighted by molar-refractivity contribution is 5.76. The lowest BCUT2D eigenvalue weighted by Crippen LogP contribution is -2.64. The third kappa shape index (κ3) is 6.69. The van der Waals surface area contributed by atoms with Crippen molar-refractivity contribution in [2.75, 3.05) is 6.61 Å². The Morgan fingerprint density at radius 1 is 1.15 bits per heavy atom. The minimum atomic E-state index is -2.65. The summed E-state index contributed by atoms with van der Waals surface area (Å²) in [4.78, 5) is 17.5. The molecule has 0 radical (unpaired) electrons. The highest BCUT2D eigenvalue weighted by atomic mass is 16.7. The molecule has 17 nitrogen and oxygen atoms in total. The summed E-state index contributed by atoms with van der Waals surface area (Å²) in [6, 6.07) is 3.69. The first kappa shape index (κ1) is 30.3. The lowest BCUT2D eigenvalue weighted by molar-refractivity contribution is -0.324. The largest absolute Gasteiger partial charge is 0.477 e. The molecule has 1 aromatic carbocycles. The number of hydrogen-bond donors (Lipinski definition) is 6. The molecular weight excluding hydrogens is 524 g/mol. The van der Waals surface area contributed by atoms with Gasteiger partial charge in [-0.05, 0) is 37.0 Å². The number of rotatable bonds is 10. The van der Waals surface area contributed by atoms with Gasteiger partial charge in [-0.15, -0.1) is 0 Å². The Hall–Kier alpha value is -3.21. The second kappa shape index (κ2) is 12.8. The molecule has 0 saturated carbocycles. The molecule has 0 aromatic heterocycles. The SMILES string of the molecule is Cc1ccc(O[C@@H]2OC(CO[C@]3(C(=O)O)C[C@@H](O)[C@@H](N=[N+]=[N-])C([C@H](N=[N+]=[N-])[C@@H](C)O)O3)[C@H](O)[C@H](O)C2O)cc1. The van der Waals surface area contributed by atoms with Gasteiger partial charge in [-0.1, -0.05) is 27.9 Å². The molecule has 1 aromatic rings. The smallest absolute Gasteiger partial charge is 0.364 e. The highest BCUT2D eigenvalue weighted by Crippen LogP contribution is 2.36. The fourth-order valence-electron chi connectivity index (χ4n) is 4.33. The minimum Gasteiger partial charge on any atom is -0.477 e. The summed E-state index contributed by atoms with van der Waals surface area (Å²) in [5.41, 5.74) is 18.8. The van der Waals surface area contributed by atoms with Gasteiger partial charge in [0.05, 0.1) is 37.0 Å². The highest BCUT2D eigenvalue weighted by Gasteiger charge is 2.56. The molecule has 6 N–H and O–H groups in total. The van der Waals surface area contributed by atoms with Crippen LogP contribution in [0.2, 0.25) is 0 Å². The van der Waals surface area contributed by atoms with Crippen LogP contribution in [0.1, 0.15) is 18.9 Å². The molecule has 0 amide bonds. The van der Waals surface area contributed by atoms with Crippen LogP contribution in [0.15, 0.2) is 34.5 Å². The molecule has 17 heteroatoms. The first-order valence-corrected chi connectivity index (χ1v) is 11.9. The van der Waals surface area contributed by atoms with E-state index in [0.29, 0.717) is 0 Å². The maximum absolute atomic E-state index is 12.3. The van der Waals surface area contributed by atoms with E-state index in [4.69, 9.17) is 30.0 Å². The van der Waals surface area contributed by atoms with Gasteiger partial charge in [0.1, 0.15) is 30.2 Å². The van der Waals surface area contributed by atoms with E-state index in [-0.39, 0.29) is 5.75 Å². The second-order valence-electron chi connectivity index (χ2n) is 9.30. The van der Waals surface area contributed by atoms with Crippen LogP contribution in [0, 0.1) is 6.92 Å². The first-order valence-electron chi connectivity index (χ1n) is 11.9. The topological polar surface area (TPSA) is 273 Å². The number of azide groups is 2. The summed E-state index contributed by atoms with van der Waals surface area (Å²) in [7, 11) is 0. The van der Waals surface area contributed by atoms with E-state index >= 15 is 0 Å². The summed E-state index contributed by atoms with van der Waals surface area (Å²) in [5.74, 6) is -4.11. The Balaban J connectivity index is 1.84. The molecule has 0 spiro atoms. The zero-order valence-corrected chi connectivity index (χ0v) is 20.9. The summed E-state index contributed by atoms with van der Waals surface area (Å²) < 4.78 is 22.3. The second-order valence-corrected chi connectivity index (χ2v) is 9.30. The number of carboxylic acids is 1. The van der Waals surface area contributed by atoms with Gasteiger partial charge in [0, 0.05) is 16.2 Å². The van der Waals surface area contributed by atoms with Crippen LogP contribution < -0.4 is 4.74 Å². The average Bonchev–Trinajstić information content (AvgIpc) is 2.89.